The number of hydrogen-bond donors (Lipinski definition) is 1. The van der Waals surface area contributed by atoms with Crippen LogP contribution in [0, 0.1) is 0 Å². The first-order chi connectivity index (χ1) is 12.5. The molecule has 0 unspecified atom stereocenters. The summed E-state index contributed by atoms with van der Waals surface area (Å²) >= 11 is 6.27. The van der Waals surface area contributed by atoms with E-state index in [2.05, 4.69) is 5.32 Å². The van der Waals surface area contributed by atoms with Crippen molar-refractivity contribution in [3.63, 3.8) is 0 Å². The molecule has 1 N–H and O–H groups in total. The smallest absolute Gasteiger partial charge is 0.255 e. The number of methoxy groups -OCH3 is 3. The molecule has 2 aromatic carbocycles. The zero-order valence-electron chi connectivity index (χ0n) is 15.2. The van der Waals surface area contributed by atoms with Crippen LogP contribution in [0.2, 0.25) is 5.02 Å². The van der Waals surface area contributed by atoms with Gasteiger partial charge in [-0.2, -0.15) is 0 Å². The van der Waals surface area contributed by atoms with Crippen LogP contribution in [0.15, 0.2) is 30.3 Å². The highest BCUT2D eigenvalue weighted by Gasteiger charge is 2.17. The predicted molar refractivity (Wildman–Crippen MR) is 101 cm³/mol. The average molecular weight is 380 g/mol. The Bertz CT molecular complexity index is 779. The minimum atomic E-state index is -0.362. The summed E-state index contributed by atoms with van der Waals surface area (Å²) in [6.07, 6.45) is 0.831. The average Bonchev–Trinajstić information content (AvgIpc) is 2.66. The van der Waals surface area contributed by atoms with Gasteiger partial charge in [0, 0.05) is 11.6 Å². The van der Waals surface area contributed by atoms with E-state index in [1.165, 1.54) is 20.3 Å². The van der Waals surface area contributed by atoms with Crippen molar-refractivity contribution >= 4 is 23.2 Å². The Labute approximate surface area is 158 Å². The topological polar surface area (TPSA) is 66.0 Å². The second-order valence-corrected chi connectivity index (χ2v) is 5.77. The van der Waals surface area contributed by atoms with Crippen molar-refractivity contribution in [2.24, 2.45) is 0 Å². The normalized spacial score (nSPS) is 10.2. The number of carbonyl (C=O) groups is 1. The molecule has 0 aromatic heterocycles. The highest BCUT2D eigenvalue weighted by Crippen LogP contribution is 2.37. The molecule has 2 aromatic rings. The molecule has 0 aliphatic heterocycles. The fourth-order valence-electron chi connectivity index (χ4n) is 2.30. The van der Waals surface area contributed by atoms with Crippen LogP contribution in [0.4, 0.5) is 5.69 Å². The fraction of sp³-hybridized carbons (Fsp3) is 0.316. The van der Waals surface area contributed by atoms with Gasteiger partial charge in [0.25, 0.3) is 5.91 Å². The van der Waals surface area contributed by atoms with Gasteiger partial charge < -0.3 is 24.3 Å². The van der Waals surface area contributed by atoms with Crippen LogP contribution < -0.4 is 24.3 Å². The number of anilines is 1. The first-order valence-electron chi connectivity index (χ1n) is 8.07. The number of rotatable bonds is 8. The molecule has 26 heavy (non-hydrogen) atoms. The van der Waals surface area contributed by atoms with Crippen molar-refractivity contribution < 1.29 is 23.7 Å². The van der Waals surface area contributed by atoms with Gasteiger partial charge in [-0.1, -0.05) is 18.5 Å². The summed E-state index contributed by atoms with van der Waals surface area (Å²) in [4.78, 5) is 12.7. The third kappa shape index (κ3) is 4.52. The molecule has 0 radical (unpaired) electrons. The number of nitrogens with one attached hydrogen (secondary N) is 1. The summed E-state index contributed by atoms with van der Waals surface area (Å²) in [6, 6.07) is 8.25. The first-order valence-corrected chi connectivity index (χ1v) is 8.45. The molecule has 0 bridgehead atoms. The first kappa shape index (κ1) is 19.7. The number of hydrogen-bond acceptors (Lipinski definition) is 5. The van der Waals surface area contributed by atoms with E-state index in [1.54, 1.807) is 31.4 Å². The Balaban J connectivity index is 2.31. The molecule has 0 spiro atoms. The molecule has 0 heterocycles. The largest absolute Gasteiger partial charge is 0.497 e. The highest BCUT2D eigenvalue weighted by molar-refractivity contribution is 6.32. The molecule has 0 fully saturated rings. The van der Waals surface area contributed by atoms with Crippen LogP contribution in [0.25, 0.3) is 0 Å². The lowest BCUT2D eigenvalue weighted by Crippen LogP contribution is -2.13. The SMILES string of the molecule is CCCOc1c(Cl)cc(C(=O)Nc2cc(OC)ccc2OC)cc1OC. The third-order valence-electron chi connectivity index (χ3n) is 3.60. The predicted octanol–water partition coefficient (Wildman–Crippen LogP) is 4.41. The highest BCUT2D eigenvalue weighted by atomic mass is 35.5. The van der Waals surface area contributed by atoms with Crippen LogP contribution in [0.3, 0.4) is 0 Å². The molecule has 7 heteroatoms. The van der Waals surface area contributed by atoms with E-state index < -0.39 is 0 Å². The van der Waals surface area contributed by atoms with Gasteiger partial charge >= 0.3 is 0 Å². The third-order valence-corrected chi connectivity index (χ3v) is 3.88. The number of benzene rings is 2. The summed E-state index contributed by atoms with van der Waals surface area (Å²) in [5, 5.41) is 3.10. The molecule has 0 saturated carbocycles. The molecule has 140 valence electrons. The lowest BCUT2D eigenvalue weighted by molar-refractivity contribution is 0.102. The summed E-state index contributed by atoms with van der Waals surface area (Å²) < 4.78 is 21.4. The van der Waals surface area contributed by atoms with Gasteiger partial charge in [-0.3, -0.25) is 4.79 Å². The Morgan fingerprint density at radius 2 is 1.77 bits per heavy atom. The van der Waals surface area contributed by atoms with E-state index in [1.807, 2.05) is 6.92 Å². The molecule has 0 atom stereocenters. The summed E-state index contributed by atoms with van der Waals surface area (Å²) in [5.41, 5.74) is 0.818. The van der Waals surface area contributed by atoms with Crippen molar-refractivity contribution in [2.75, 3.05) is 33.3 Å². The Morgan fingerprint density at radius 3 is 2.38 bits per heavy atom. The van der Waals surface area contributed by atoms with Crippen LogP contribution in [-0.4, -0.2) is 33.8 Å². The van der Waals surface area contributed by atoms with E-state index in [-0.39, 0.29) is 5.91 Å². The quantitative estimate of drug-likeness (QED) is 0.736. The molecular formula is C19H22ClNO5. The van der Waals surface area contributed by atoms with Gasteiger partial charge in [-0.25, -0.2) is 0 Å². The van der Waals surface area contributed by atoms with Crippen molar-refractivity contribution in [2.45, 2.75) is 13.3 Å². The summed E-state index contributed by atoms with van der Waals surface area (Å²) in [5.74, 6) is 1.57. The van der Waals surface area contributed by atoms with Crippen molar-refractivity contribution in [1.82, 2.24) is 0 Å². The van der Waals surface area contributed by atoms with Crippen LogP contribution in [-0.2, 0) is 0 Å². The monoisotopic (exact) mass is 379 g/mol. The van der Waals surface area contributed by atoms with Gasteiger partial charge in [0.15, 0.2) is 11.5 Å². The molecule has 1 amide bonds. The lowest BCUT2D eigenvalue weighted by Gasteiger charge is -2.15. The van der Waals surface area contributed by atoms with E-state index in [0.29, 0.717) is 45.9 Å². The number of carbonyl (C=O) groups excluding carboxylic acids is 1. The molecular weight excluding hydrogens is 358 g/mol. The van der Waals surface area contributed by atoms with Crippen molar-refractivity contribution in [3.05, 3.63) is 40.9 Å². The maximum atomic E-state index is 12.7. The van der Waals surface area contributed by atoms with Crippen molar-refractivity contribution in [1.29, 1.82) is 0 Å². The van der Waals surface area contributed by atoms with Crippen LogP contribution >= 0.6 is 11.6 Å². The van der Waals surface area contributed by atoms with E-state index >= 15 is 0 Å². The van der Waals surface area contributed by atoms with Crippen molar-refractivity contribution in [3.8, 4) is 23.0 Å². The summed E-state index contributed by atoms with van der Waals surface area (Å²) in [7, 11) is 4.57. The van der Waals surface area contributed by atoms with Crippen LogP contribution in [0.5, 0.6) is 23.0 Å². The second kappa shape index (κ2) is 9.20. The minimum absolute atomic E-state index is 0.306. The summed E-state index contributed by atoms with van der Waals surface area (Å²) in [6.45, 7) is 2.49. The Morgan fingerprint density at radius 1 is 1.04 bits per heavy atom. The molecule has 6 nitrogen and oxygen atoms in total. The van der Waals surface area contributed by atoms with Gasteiger partial charge in [0.05, 0.1) is 38.6 Å². The second-order valence-electron chi connectivity index (χ2n) is 5.36. The van der Waals surface area contributed by atoms with Gasteiger partial charge in [0.2, 0.25) is 0 Å². The minimum Gasteiger partial charge on any atom is -0.497 e. The number of amides is 1. The Hall–Kier alpha value is -2.60. The molecule has 0 aliphatic carbocycles. The zero-order chi connectivity index (χ0) is 19.1. The maximum Gasteiger partial charge on any atom is 0.255 e. The zero-order valence-corrected chi connectivity index (χ0v) is 16.0. The van der Waals surface area contributed by atoms with Gasteiger partial charge in [0.1, 0.15) is 11.5 Å². The van der Waals surface area contributed by atoms with E-state index in [0.717, 1.165) is 6.42 Å². The number of ether oxygens (including phenoxy) is 4. The van der Waals surface area contributed by atoms with E-state index in [4.69, 9.17) is 30.5 Å². The molecule has 0 aliphatic rings. The molecule has 0 saturated heterocycles. The van der Waals surface area contributed by atoms with Gasteiger partial charge in [-0.15, -0.1) is 0 Å². The van der Waals surface area contributed by atoms with Gasteiger partial charge in [-0.05, 0) is 30.7 Å². The van der Waals surface area contributed by atoms with E-state index in [9.17, 15) is 4.79 Å². The fourth-order valence-corrected chi connectivity index (χ4v) is 2.57. The number of halogens is 1. The standard InChI is InChI=1S/C19H22ClNO5/c1-5-8-26-18-14(20)9-12(10-17(18)25-4)19(22)21-15-11-13(23-2)6-7-16(15)24-3/h6-7,9-11H,5,8H2,1-4H3,(H,21,22). The van der Waals surface area contributed by atoms with Crippen LogP contribution in [0.1, 0.15) is 23.7 Å². The Kier molecular flexibility index (Phi) is 6.97. The maximum absolute atomic E-state index is 12.7. The lowest BCUT2D eigenvalue weighted by atomic mass is 10.1. The molecule has 2 rings (SSSR count).